The molecule has 140 valence electrons. The fourth-order valence-electron chi connectivity index (χ4n) is 3.52. The number of likely N-dealkylation sites (tertiary alicyclic amines) is 1. The van der Waals surface area contributed by atoms with E-state index in [-0.39, 0.29) is 11.3 Å². The Bertz CT molecular complexity index is 762. The molecule has 3 rings (SSSR count). The number of aryl methyl sites for hydroxylation is 1. The van der Waals surface area contributed by atoms with Crippen molar-refractivity contribution in [2.75, 3.05) is 13.1 Å². The zero-order chi connectivity index (χ0) is 18.7. The molecule has 0 bridgehead atoms. The first-order valence-electron chi connectivity index (χ1n) is 9.51. The predicted octanol–water partition coefficient (Wildman–Crippen LogP) is 3.19. The Labute approximate surface area is 155 Å². The van der Waals surface area contributed by atoms with Gasteiger partial charge in [0.2, 0.25) is 5.91 Å². The molecule has 0 N–H and O–H groups in total. The highest BCUT2D eigenvalue weighted by atomic mass is 16.2. The third-order valence-corrected chi connectivity index (χ3v) is 4.81. The molecule has 3 heterocycles. The number of carbonyl (C=O) groups excluding carboxylic acids is 1. The van der Waals surface area contributed by atoms with Crippen LogP contribution < -0.4 is 0 Å². The van der Waals surface area contributed by atoms with Crippen molar-refractivity contribution >= 4 is 5.91 Å². The highest BCUT2D eigenvalue weighted by molar-refractivity contribution is 5.81. The summed E-state index contributed by atoms with van der Waals surface area (Å²) in [5.74, 6) is 0.690. The molecule has 1 atom stereocenters. The zero-order valence-electron chi connectivity index (χ0n) is 16.3. The molecule has 1 fully saturated rings. The molecule has 2 aromatic rings. The van der Waals surface area contributed by atoms with Gasteiger partial charge in [-0.25, -0.2) is 4.98 Å². The molecular weight excluding hydrogens is 326 g/mol. The lowest BCUT2D eigenvalue weighted by Gasteiger charge is -2.25. The summed E-state index contributed by atoms with van der Waals surface area (Å²) in [7, 11) is 0. The van der Waals surface area contributed by atoms with Crippen LogP contribution in [0.5, 0.6) is 0 Å². The van der Waals surface area contributed by atoms with E-state index in [0.717, 1.165) is 56.0 Å². The summed E-state index contributed by atoms with van der Waals surface area (Å²) in [6.45, 7) is 10.6. The van der Waals surface area contributed by atoms with Gasteiger partial charge >= 0.3 is 0 Å². The van der Waals surface area contributed by atoms with Crippen molar-refractivity contribution in [1.82, 2.24) is 24.6 Å². The number of hydrogen-bond acceptors (Lipinski definition) is 4. The second-order valence-electron chi connectivity index (χ2n) is 8.20. The monoisotopic (exact) mass is 355 g/mol. The second-order valence-corrected chi connectivity index (χ2v) is 8.20. The molecule has 0 aromatic carbocycles. The Morgan fingerprint density at radius 3 is 2.85 bits per heavy atom. The van der Waals surface area contributed by atoms with Crippen molar-refractivity contribution in [3.63, 3.8) is 0 Å². The van der Waals surface area contributed by atoms with Crippen LogP contribution >= 0.6 is 0 Å². The molecule has 1 aliphatic heterocycles. The van der Waals surface area contributed by atoms with Gasteiger partial charge < -0.3 is 4.90 Å². The van der Waals surface area contributed by atoms with Gasteiger partial charge in [0.1, 0.15) is 5.69 Å². The molecule has 26 heavy (non-hydrogen) atoms. The van der Waals surface area contributed by atoms with Gasteiger partial charge in [-0.15, -0.1) is 0 Å². The fraction of sp³-hybridized carbons (Fsp3) is 0.600. The molecular formula is C20H29N5O. The van der Waals surface area contributed by atoms with Gasteiger partial charge in [0.15, 0.2) is 0 Å². The minimum atomic E-state index is -0.313. The summed E-state index contributed by atoms with van der Waals surface area (Å²) >= 11 is 0. The van der Waals surface area contributed by atoms with E-state index in [4.69, 9.17) is 4.98 Å². The Morgan fingerprint density at radius 2 is 2.12 bits per heavy atom. The van der Waals surface area contributed by atoms with E-state index < -0.39 is 0 Å². The van der Waals surface area contributed by atoms with E-state index >= 15 is 0 Å². The first-order chi connectivity index (χ1) is 12.4. The van der Waals surface area contributed by atoms with Gasteiger partial charge in [-0.3, -0.25) is 14.5 Å². The summed E-state index contributed by atoms with van der Waals surface area (Å²) in [6, 6.07) is 1.99. The molecule has 1 unspecified atom stereocenters. The lowest BCUT2D eigenvalue weighted by molar-refractivity contribution is -0.138. The van der Waals surface area contributed by atoms with Gasteiger partial charge in [0.05, 0.1) is 17.6 Å². The maximum atomic E-state index is 12.5. The van der Waals surface area contributed by atoms with Crippen LogP contribution in [0, 0.1) is 11.3 Å². The molecule has 1 saturated heterocycles. The molecule has 2 aromatic heterocycles. The van der Waals surface area contributed by atoms with Crippen molar-refractivity contribution in [3.8, 4) is 11.4 Å². The number of rotatable bonds is 5. The highest BCUT2D eigenvalue weighted by Gasteiger charge is 2.32. The Balaban J connectivity index is 1.68. The maximum absolute atomic E-state index is 12.5. The minimum absolute atomic E-state index is 0.239. The van der Waals surface area contributed by atoms with E-state index in [0.29, 0.717) is 5.92 Å². The van der Waals surface area contributed by atoms with Gasteiger partial charge in [-0.1, -0.05) is 27.7 Å². The molecule has 6 heteroatoms. The maximum Gasteiger partial charge on any atom is 0.227 e. The zero-order valence-corrected chi connectivity index (χ0v) is 16.3. The smallest absolute Gasteiger partial charge is 0.227 e. The SMILES string of the molecule is CCCn1nccc1-c1cncc(CC2CCN(C(=O)C(C)(C)C)C2)n1. The second kappa shape index (κ2) is 7.56. The number of aromatic nitrogens is 4. The molecule has 1 amide bonds. The lowest BCUT2D eigenvalue weighted by atomic mass is 9.95. The molecule has 1 aliphatic rings. The van der Waals surface area contributed by atoms with Gasteiger partial charge in [-0.05, 0) is 31.2 Å². The quantitative estimate of drug-likeness (QED) is 0.826. The van der Waals surface area contributed by atoms with E-state index in [1.807, 2.05) is 48.8 Å². The highest BCUT2D eigenvalue weighted by Crippen LogP contribution is 2.26. The third kappa shape index (κ3) is 4.11. The van der Waals surface area contributed by atoms with Crippen LogP contribution in [0.1, 0.15) is 46.2 Å². The summed E-state index contributed by atoms with van der Waals surface area (Å²) in [5, 5.41) is 4.37. The topological polar surface area (TPSA) is 63.9 Å². The average molecular weight is 355 g/mol. The molecule has 0 saturated carbocycles. The summed E-state index contributed by atoms with van der Waals surface area (Å²) in [4.78, 5) is 23.7. The Kier molecular flexibility index (Phi) is 5.39. The number of amides is 1. The first-order valence-corrected chi connectivity index (χ1v) is 9.51. The first kappa shape index (κ1) is 18.5. The Morgan fingerprint density at radius 1 is 1.31 bits per heavy atom. The van der Waals surface area contributed by atoms with Crippen LogP contribution in [-0.2, 0) is 17.8 Å². The lowest BCUT2D eigenvalue weighted by Crippen LogP contribution is -2.38. The predicted molar refractivity (Wildman–Crippen MR) is 101 cm³/mol. The van der Waals surface area contributed by atoms with Gasteiger partial charge in [0.25, 0.3) is 0 Å². The van der Waals surface area contributed by atoms with Crippen molar-refractivity contribution in [3.05, 3.63) is 30.4 Å². The minimum Gasteiger partial charge on any atom is -0.342 e. The Hall–Kier alpha value is -2.24. The number of nitrogens with zero attached hydrogens (tertiary/aromatic N) is 5. The third-order valence-electron chi connectivity index (χ3n) is 4.81. The standard InChI is InChI=1S/C20H29N5O/c1-5-9-25-18(6-8-22-25)17-13-21-12-16(23-17)11-15-7-10-24(14-15)19(26)20(2,3)4/h6,8,12-13,15H,5,7,9-11,14H2,1-4H3. The van der Waals surface area contributed by atoms with Crippen molar-refractivity contribution in [1.29, 1.82) is 0 Å². The average Bonchev–Trinajstić information content (AvgIpc) is 3.23. The number of carbonyl (C=O) groups is 1. The van der Waals surface area contributed by atoms with Crippen molar-refractivity contribution in [2.24, 2.45) is 11.3 Å². The van der Waals surface area contributed by atoms with E-state index in [9.17, 15) is 4.79 Å². The van der Waals surface area contributed by atoms with E-state index in [2.05, 4.69) is 17.0 Å². The van der Waals surface area contributed by atoms with Crippen LogP contribution in [0.2, 0.25) is 0 Å². The van der Waals surface area contributed by atoms with Crippen LogP contribution in [-0.4, -0.2) is 43.6 Å². The summed E-state index contributed by atoms with van der Waals surface area (Å²) in [6.07, 6.45) is 8.38. The molecule has 0 aliphatic carbocycles. The van der Waals surface area contributed by atoms with E-state index in [1.54, 1.807) is 6.20 Å². The van der Waals surface area contributed by atoms with Crippen LogP contribution in [0.15, 0.2) is 24.7 Å². The summed E-state index contributed by atoms with van der Waals surface area (Å²) in [5.41, 5.74) is 2.56. The fourth-order valence-corrected chi connectivity index (χ4v) is 3.52. The van der Waals surface area contributed by atoms with Crippen LogP contribution in [0.25, 0.3) is 11.4 Å². The molecule has 0 radical (unpaired) electrons. The number of hydrogen-bond donors (Lipinski definition) is 0. The summed E-state index contributed by atoms with van der Waals surface area (Å²) < 4.78 is 1.98. The van der Waals surface area contributed by atoms with Gasteiger partial charge in [-0.2, -0.15) is 5.10 Å². The largest absolute Gasteiger partial charge is 0.342 e. The van der Waals surface area contributed by atoms with Gasteiger partial charge in [0, 0.05) is 37.4 Å². The van der Waals surface area contributed by atoms with Crippen LogP contribution in [0.3, 0.4) is 0 Å². The molecule has 0 spiro atoms. The molecule has 6 nitrogen and oxygen atoms in total. The van der Waals surface area contributed by atoms with Crippen molar-refractivity contribution < 1.29 is 4.79 Å². The van der Waals surface area contributed by atoms with E-state index in [1.165, 1.54) is 0 Å². The normalized spacial score (nSPS) is 17.7. The van der Waals surface area contributed by atoms with Crippen LogP contribution in [0.4, 0.5) is 0 Å². The van der Waals surface area contributed by atoms with Crippen molar-refractivity contribution in [2.45, 2.75) is 53.5 Å².